The molecule has 1 aliphatic rings. The van der Waals surface area contributed by atoms with Crippen molar-refractivity contribution in [3.63, 3.8) is 0 Å². The number of carboxylic acid groups (broad SMARTS) is 1. The van der Waals surface area contributed by atoms with Crippen LogP contribution in [0.25, 0.3) is 0 Å². The quantitative estimate of drug-likeness (QED) is 0.830. The first-order valence-corrected chi connectivity index (χ1v) is 6.99. The van der Waals surface area contributed by atoms with E-state index in [0.29, 0.717) is 24.0 Å². The highest BCUT2D eigenvalue weighted by Crippen LogP contribution is 2.19. The first-order chi connectivity index (χ1) is 9.58. The van der Waals surface area contributed by atoms with E-state index in [0.717, 1.165) is 26.1 Å². The molecule has 0 bridgehead atoms. The van der Waals surface area contributed by atoms with Crippen LogP contribution in [0, 0.1) is 5.92 Å². The third-order valence-electron chi connectivity index (χ3n) is 3.42. The molecule has 1 aromatic heterocycles. The molecule has 1 atom stereocenters. The standard InChI is InChI=1S/C14H21N3O3/c1-9(2)13-16-7-11(12(17-13)14(18)19)15-5-3-10-4-6-20-8-10/h7,9-10,15H,3-6,8H2,1-2H3,(H,18,19). The van der Waals surface area contributed by atoms with Gasteiger partial charge in [0, 0.05) is 25.7 Å². The highest BCUT2D eigenvalue weighted by Gasteiger charge is 2.17. The monoisotopic (exact) mass is 279 g/mol. The number of hydrogen-bond donors (Lipinski definition) is 2. The molecule has 2 N–H and O–H groups in total. The second-order valence-corrected chi connectivity index (χ2v) is 5.40. The first kappa shape index (κ1) is 14.7. The van der Waals surface area contributed by atoms with Gasteiger partial charge in [0.15, 0.2) is 5.69 Å². The fourth-order valence-corrected chi connectivity index (χ4v) is 2.19. The predicted octanol–water partition coefficient (Wildman–Crippen LogP) is 2.14. The van der Waals surface area contributed by atoms with E-state index in [1.807, 2.05) is 13.8 Å². The van der Waals surface area contributed by atoms with Gasteiger partial charge in [-0.15, -0.1) is 0 Å². The van der Waals surface area contributed by atoms with E-state index in [2.05, 4.69) is 15.3 Å². The molecule has 20 heavy (non-hydrogen) atoms. The van der Waals surface area contributed by atoms with E-state index in [1.165, 1.54) is 0 Å². The number of hydrogen-bond acceptors (Lipinski definition) is 5. The minimum atomic E-state index is -1.03. The van der Waals surface area contributed by atoms with Gasteiger partial charge in [-0.3, -0.25) is 0 Å². The SMILES string of the molecule is CC(C)c1ncc(NCCC2CCOC2)c(C(=O)O)n1. The van der Waals surface area contributed by atoms with Crippen molar-refractivity contribution in [3.05, 3.63) is 17.7 Å². The summed E-state index contributed by atoms with van der Waals surface area (Å²) in [6, 6.07) is 0. The summed E-state index contributed by atoms with van der Waals surface area (Å²) in [4.78, 5) is 19.6. The largest absolute Gasteiger partial charge is 0.476 e. The molecular formula is C14H21N3O3. The van der Waals surface area contributed by atoms with Crippen molar-refractivity contribution in [1.29, 1.82) is 0 Å². The number of nitrogens with zero attached hydrogens (tertiary/aromatic N) is 2. The Hall–Kier alpha value is -1.69. The van der Waals surface area contributed by atoms with E-state index in [9.17, 15) is 9.90 Å². The Morgan fingerprint density at radius 2 is 2.40 bits per heavy atom. The minimum absolute atomic E-state index is 0.0476. The summed E-state index contributed by atoms with van der Waals surface area (Å²) >= 11 is 0. The van der Waals surface area contributed by atoms with E-state index >= 15 is 0 Å². The summed E-state index contributed by atoms with van der Waals surface area (Å²) < 4.78 is 5.32. The first-order valence-electron chi connectivity index (χ1n) is 6.99. The van der Waals surface area contributed by atoms with Crippen molar-refractivity contribution in [3.8, 4) is 0 Å². The lowest BCUT2D eigenvalue weighted by atomic mass is 10.1. The maximum absolute atomic E-state index is 11.3. The van der Waals surface area contributed by atoms with Crippen molar-refractivity contribution < 1.29 is 14.6 Å². The molecule has 110 valence electrons. The number of carboxylic acids is 1. The maximum atomic E-state index is 11.3. The molecule has 6 heteroatoms. The molecule has 0 aromatic carbocycles. The third kappa shape index (κ3) is 3.66. The van der Waals surface area contributed by atoms with Gasteiger partial charge in [0.1, 0.15) is 5.82 Å². The topological polar surface area (TPSA) is 84.3 Å². The Labute approximate surface area is 118 Å². The maximum Gasteiger partial charge on any atom is 0.356 e. The van der Waals surface area contributed by atoms with Gasteiger partial charge in [0.2, 0.25) is 0 Å². The highest BCUT2D eigenvalue weighted by atomic mass is 16.5. The molecule has 2 heterocycles. The summed E-state index contributed by atoms with van der Waals surface area (Å²) in [5, 5.41) is 12.4. The Balaban J connectivity index is 2.00. The fourth-order valence-electron chi connectivity index (χ4n) is 2.19. The van der Waals surface area contributed by atoms with E-state index < -0.39 is 5.97 Å². The summed E-state index contributed by atoms with van der Waals surface area (Å²) in [5.74, 6) is 0.197. The Bertz CT molecular complexity index is 471. The molecule has 0 saturated carbocycles. The van der Waals surface area contributed by atoms with Gasteiger partial charge >= 0.3 is 5.97 Å². The zero-order valence-electron chi connectivity index (χ0n) is 11.9. The minimum Gasteiger partial charge on any atom is -0.476 e. The lowest BCUT2D eigenvalue weighted by Crippen LogP contribution is -2.15. The molecular weight excluding hydrogens is 258 g/mol. The van der Waals surface area contributed by atoms with Crippen LogP contribution < -0.4 is 5.32 Å². The summed E-state index contributed by atoms with van der Waals surface area (Å²) in [6.45, 7) is 6.22. The van der Waals surface area contributed by atoms with Crippen LogP contribution in [0.5, 0.6) is 0 Å². The van der Waals surface area contributed by atoms with Crippen LogP contribution in [0.3, 0.4) is 0 Å². The Morgan fingerprint density at radius 1 is 1.60 bits per heavy atom. The lowest BCUT2D eigenvalue weighted by Gasteiger charge is -2.12. The Morgan fingerprint density at radius 3 is 3.00 bits per heavy atom. The molecule has 1 fully saturated rings. The summed E-state index contributed by atoms with van der Waals surface area (Å²) in [5.41, 5.74) is 0.534. The number of aromatic carboxylic acids is 1. The zero-order chi connectivity index (χ0) is 14.5. The van der Waals surface area contributed by atoms with Gasteiger partial charge < -0.3 is 15.2 Å². The van der Waals surface area contributed by atoms with Crippen LogP contribution in [0.2, 0.25) is 0 Å². The van der Waals surface area contributed by atoms with Gasteiger partial charge in [0.05, 0.1) is 11.9 Å². The van der Waals surface area contributed by atoms with Gasteiger partial charge in [0.25, 0.3) is 0 Å². The number of rotatable bonds is 6. The highest BCUT2D eigenvalue weighted by molar-refractivity contribution is 5.91. The van der Waals surface area contributed by atoms with Gasteiger partial charge in [-0.2, -0.15) is 0 Å². The molecule has 1 aromatic rings. The van der Waals surface area contributed by atoms with Crippen molar-refractivity contribution in [2.45, 2.75) is 32.6 Å². The number of ether oxygens (including phenoxy) is 1. The normalized spacial score (nSPS) is 18.4. The second-order valence-electron chi connectivity index (χ2n) is 5.40. The predicted molar refractivity (Wildman–Crippen MR) is 75.1 cm³/mol. The molecule has 1 saturated heterocycles. The van der Waals surface area contributed by atoms with Gasteiger partial charge in [-0.05, 0) is 18.8 Å². The summed E-state index contributed by atoms with van der Waals surface area (Å²) in [7, 11) is 0. The molecule has 6 nitrogen and oxygen atoms in total. The van der Waals surface area contributed by atoms with Crippen LogP contribution in [-0.4, -0.2) is 40.8 Å². The van der Waals surface area contributed by atoms with Crippen molar-refractivity contribution in [2.75, 3.05) is 25.1 Å². The average Bonchev–Trinajstić information content (AvgIpc) is 2.91. The van der Waals surface area contributed by atoms with Crippen LogP contribution >= 0.6 is 0 Å². The van der Waals surface area contributed by atoms with E-state index in [-0.39, 0.29) is 11.6 Å². The third-order valence-corrected chi connectivity index (χ3v) is 3.42. The lowest BCUT2D eigenvalue weighted by molar-refractivity contribution is 0.0691. The van der Waals surface area contributed by atoms with Crippen LogP contribution in [0.15, 0.2) is 6.20 Å². The number of aromatic nitrogens is 2. The van der Waals surface area contributed by atoms with E-state index in [1.54, 1.807) is 6.20 Å². The zero-order valence-corrected chi connectivity index (χ0v) is 11.9. The molecule has 1 unspecified atom stereocenters. The van der Waals surface area contributed by atoms with Crippen LogP contribution in [0.1, 0.15) is 48.9 Å². The number of nitrogens with one attached hydrogen (secondary N) is 1. The molecule has 0 spiro atoms. The molecule has 1 aliphatic heterocycles. The Kier molecular flexibility index (Phi) is 4.89. The van der Waals surface area contributed by atoms with Gasteiger partial charge in [-0.25, -0.2) is 14.8 Å². The van der Waals surface area contributed by atoms with Crippen molar-refractivity contribution in [1.82, 2.24) is 9.97 Å². The molecule has 0 amide bonds. The van der Waals surface area contributed by atoms with Crippen LogP contribution in [-0.2, 0) is 4.74 Å². The molecule has 0 radical (unpaired) electrons. The van der Waals surface area contributed by atoms with E-state index in [4.69, 9.17) is 4.74 Å². The number of carbonyl (C=O) groups is 1. The smallest absolute Gasteiger partial charge is 0.356 e. The molecule has 0 aliphatic carbocycles. The second kappa shape index (κ2) is 6.65. The van der Waals surface area contributed by atoms with Gasteiger partial charge in [-0.1, -0.05) is 13.8 Å². The van der Waals surface area contributed by atoms with Crippen molar-refractivity contribution >= 4 is 11.7 Å². The number of anilines is 1. The summed E-state index contributed by atoms with van der Waals surface area (Å²) in [6.07, 6.45) is 3.61. The fraction of sp³-hybridized carbons (Fsp3) is 0.643. The van der Waals surface area contributed by atoms with Crippen molar-refractivity contribution in [2.24, 2.45) is 5.92 Å². The average molecular weight is 279 g/mol. The van der Waals surface area contributed by atoms with Crippen LogP contribution in [0.4, 0.5) is 5.69 Å². The molecule has 2 rings (SSSR count).